The van der Waals surface area contributed by atoms with Crippen LogP contribution in [-0.4, -0.2) is 68.9 Å². The molecular weight excluding hydrogens is 392 g/mol. The Morgan fingerprint density at radius 1 is 1.24 bits per heavy atom. The van der Waals surface area contributed by atoms with Gasteiger partial charge in [-0.05, 0) is 26.8 Å². The van der Waals surface area contributed by atoms with Crippen molar-refractivity contribution in [2.24, 2.45) is 11.1 Å². The van der Waals surface area contributed by atoms with Gasteiger partial charge in [-0.2, -0.15) is 10.5 Å². The van der Waals surface area contributed by atoms with Crippen LogP contribution in [0.2, 0.25) is 0 Å². The number of hydrogen-bond acceptors (Lipinski definition) is 9. The van der Waals surface area contributed by atoms with E-state index in [9.17, 15) is 15.3 Å². The number of dihydropyridines is 1. The zero-order valence-electron chi connectivity index (χ0n) is 16.9. The van der Waals surface area contributed by atoms with Crippen molar-refractivity contribution in [1.29, 1.82) is 10.5 Å². The summed E-state index contributed by atoms with van der Waals surface area (Å²) in [5.74, 6) is 0.219. The Hall–Kier alpha value is -2.40. The number of likely N-dealkylation sites (tertiary alicyclic amines) is 1. The molecule has 1 amide bonds. The number of carbonyl (C=O) groups is 1. The first-order valence-electron chi connectivity index (χ1n) is 9.58. The van der Waals surface area contributed by atoms with Crippen LogP contribution in [0.25, 0.3) is 0 Å². The summed E-state index contributed by atoms with van der Waals surface area (Å²) in [5.41, 5.74) is 5.85. The minimum absolute atomic E-state index is 0.219. The second kappa shape index (κ2) is 10.4. The SMILES string of the molecule is CCOC(=O)N1CCC2(CC1)C(C#N)=C(N)NC(S)=C2C#N.CN1CCOCC1. The van der Waals surface area contributed by atoms with Gasteiger partial charge >= 0.3 is 6.09 Å². The molecule has 2 saturated heterocycles. The van der Waals surface area contributed by atoms with E-state index in [1.807, 2.05) is 0 Å². The van der Waals surface area contributed by atoms with Crippen molar-refractivity contribution >= 4 is 18.7 Å². The Morgan fingerprint density at radius 2 is 1.83 bits per heavy atom. The number of nitrogens with zero attached hydrogens (tertiary/aromatic N) is 4. The van der Waals surface area contributed by atoms with Crippen LogP contribution in [0.3, 0.4) is 0 Å². The molecule has 158 valence electrons. The van der Waals surface area contributed by atoms with Gasteiger partial charge in [-0.25, -0.2) is 4.79 Å². The number of rotatable bonds is 1. The fourth-order valence-electron chi connectivity index (χ4n) is 3.63. The van der Waals surface area contributed by atoms with E-state index in [0.717, 1.165) is 26.3 Å². The van der Waals surface area contributed by atoms with Gasteiger partial charge in [-0.3, -0.25) is 0 Å². The molecule has 0 aromatic rings. The van der Waals surface area contributed by atoms with E-state index in [2.05, 4.69) is 42.0 Å². The van der Waals surface area contributed by atoms with E-state index in [-0.39, 0.29) is 11.9 Å². The predicted octanol–water partition coefficient (Wildman–Crippen LogP) is 1.14. The van der Waals surface area contributed by atoms with Gasteiger partial charge in [0.1, 0.15) is 5.82 Å². The van der Waals surface area contributed by atoms with Crippen molar-refractivity contribution in [2.45, 2.75) is 19.8 Å². The number of amides is 1. The highest BCUT2D eigenvalue weighted by atomic mass is 32.1. The predicted molar refractivity (Wildman–Crippen MR) is 110 cm³/mol. The summed E-state index contributed by atoms with van der Waals surface area (Å²) < 4.78 is 10.1. The van der Waals surface area contributed by atoms with Gasteiger partial charge in [-0.15, -0.1) is 12.6 Å². The van der Waals surface area contributed by atoms with Crippen molar-refractivity contribution in [3.63, 3.8) is 0 Å². The third-order valence-corrected chi connectivity index (χ3v) is 5.65. The van der Waals surface area contributed by atoms with Gasteiger partial charge in [-0.1, -0.05) is 0 Å². The van der Waals surface area contributed by atoms with Crippen molar-refractivity contribution < 1.29 is 14.3 Å². The van der Waals surface area contributed by atoms with E-state index < -0.39 is 5.41 Å². The number of nitriles is 2. The summed E-state index contributed by atoms with van der Waals surface area (Å²) in [6, 6.07) is 4.24. The van der Waals surface area contributed by atoms with E-state index in [0.29, 0.717) is 48.7 Å². The number of allylic oxidation sites excluding steroid dienone is 2. The van der Waals surface area contributed by atoms with Gasteiger partial charge in [0.15, 0.2) is 0 Å². The first-order chi connectivity index (χ1) is 13.9. The number of morpholine rings is 1. The van der Waals surface area contributed by atoms with Crippen LogP contribution in [0.15, 0.2) is 22.0 Å². The van der Waals surface area contributed by atoms with Crippen molar-refractivity contribution in [3.8, 4) is 12.1 Å². The molecule has 0 bridgehead atoms. The summed E-state index contributed by atoms with van der Waals surface area (Å²) in [4.78, 5) is 15.6. The van der Waals surface area contributed by atoms with E-state index in [1.54, 1.807) is 11.8 Å². The lowest BCUT2D eigenvalue weighted by Gasteiger charge is -2.43. The lowest BCUT2D eigenvalue weighted by Crippen LogP contribution is -2.47. The Balaban J connectivity index is 0.000000360. The lowest BCUT2D eigenvalue weighted by molar-refractivity contribution is 0.0503. The molecule has 3 aliphatic heterocycles. The van der Waals surface area contributed by atoms with E-state index in [1.165, 1.54) is 0 Å². The molecule has 0 saturated carbocycles. The van der Waals surface area contributed by atoms with Crippen molar-refractivity contribution in [2.75, 3.05) is 53.0 Å². The molecule has 0 aromatic heterocycles. The molecule has 3 heterocycles. The largest absolute Gasteiger partial charge is 0.450 e. The number of ether oxygens (including phenoxy) is 2. The van der Waals surface area contributed by atoms with Gasteiger partial charge in [0.05, 0.1) is 48.1 Å². The molecule has 0 radical (unpaired) electrons. The highest BCUT2D eigenvalue weighted by Crippen LogP contribution is 2.48. The molecule has 0 aliphatic carbocycles. The summed E-state index contributed by atoms with van der Waals surface area (Å²) in [6.45, 7) is 6.86. The fourth-order valence-corrected chi connectivity index (χ4v) is 4.01. The number of hydrogen-bond donors (Lipinski definition) is 3. The van der Waals surface area contributed by atoms with Gasteiger partial charge < -0.3 is 30.3 Å². The third-order valence-electron chi connectivity index (χ3n) is 5.32. The standard InChI is InChI=1S/C14H17N5O2S.C5H11NO/c1-2-21-13(20)19-5-3-14(4-6-19)9(7-15)11(17)18-12(22)10(14)8-16;1-6-2-4-7-5-3-6/h18,22H,2-6,17H2,1H3;2-5H2,1H3. The number of likely N-dealkylation sites (N-methyl/N-ethyl adjacent to an activating group) is 1. The van der Waals surface area contributed by atoms with Crippen molar-refractivity contribution in [1.82, 2.24) is 15.1 Å². The van der Waals surface area contributed by atoms with Gasteiger partial charge in [0, 0.05) is 31.6 Å². The van der Waals surface area contributed by atoms with Crippen LogP contribution in [0.5, 0.6) is 0 Å². The minimum Gasteiger partial charge on any atom is -0.450 e. The lowest BCUT2D eigenvalue weighted by atomic mass is 9.67. The number of nitrogens with one attached hydrogen (secondary N) is 1. The first kappa shape index (κ1) is 22.9. The smallest absolute Gasteiger partial charge is 0.409 e. The maximum absolute atomic E-state index is 11.8. The topological polar surface area (TPSA) is 128 Å². The van der Waals surface area contributed by atoms with Crippen LogP contribution in [0.1, 0.15) is 19.8 Å². The fraction of sp³-hybridized carbons (Fsp3) is 0.632. The Kier molecular flexibility index (Phi) is 8.21. The zero-order valence-corrected chi connectivity index (χ0v) is 17.8. The molecule has 9 nitrogen and oxygen atoms in total. The normalized spacial score (nSPS) is 21.5. The molecule has 29 heavy (non-hydrogen) atoms. The molecule has 1 spiro atoms. The molecule has 10 heteroatoms. The number of nitrogens with two attached hydrogens (primary N) is 1. The third kappa shape index (κ3) is 5.15. The number of piperidine rings is 1. The average Bonchev–Trinajstić information content (AvgIpc) is 2.70. The van der Waals surface area contributed by atoms with Crippen LogP contribution >= 0.6 is 12.6 Å². The molecule has 3 aliphatic rings. The highest BCUT2D eigenvalue weighted by molar-refractivity contribution is 7.84. The van der Waals surface area contributed by atoms with Crippen LogP contribution < -0.4 is 11.1 Å². The molecule has 3 rings (SSSR count). The summed E-state index contributed by atoms with van der Waals surface area (Å²) in [6.07, 6.45) is 0.490. The Labute approximate surface area is 177 Å². The molecule has 3 N–H and O–H groups in total. The van der Waals surface area contributed by atoms with E-state index in [4.69, 9.17) is 15.2 Å². The van der Waals surface area contributed by atoms with E-state index >= 15 is 0 Å². The molecular formula is C19H28N6O3S. The molecule has 0 unspecified atom stereocenters. The van der Waals surface area contributed by atoms with Gasteiger partial charge in [0.2, 0.25) is 0 Å². The summed E-state index contributed by atoms with van der Waals surface area (Å²) in [7, 11) is 2.11. The molecule has 0 atom stereocenters. The monoisotopic (exact) mass is 420 g/mol. The number of carbonyl (C=O) groups excluding carboxylic acids is 1. The highest BCUT2D eigenvalue weighted by Gasteiger charge is 2.47. The Bertz CT molecular complexity index is 715. The zero-order chi connectivity index (χ0) is 21.4. The minimum atomic E-state index is -0.779. The maximum Gasteiger partial charge on any atom is 0.409 e. The Morgan fingerprint density at radius 3 is 2.28 bits per heavy atom. The quantitative estimate of drug-likeness (QED) is 0.539. The molecule has 2 fully saturated rings. The van der Waals surface area contributed by atoms with Crippen LogP contribution in [0, 0.1) is 28.1 Å². The average molecular weight is 421 g/mol. The van der Waals surface area contributed by atoms with Crippen molar-refractivity contribution in [3.05, 3.63) is 22.0 Å². The second-order valence-electron chi connectivity index (χ2n) is 7.04. The first-order valence-corrected chi connectivity index (χ1v) is 10.0. The maximum atomic E-state index is 11.8. The van der Waals surface area contributed by atoms with Gasteiger partial charge in [0.25, 0.3) is 0 Å². The van der Waals surface area contributed by atoms with Crippen LogP contribution in [0.4, 0.5) is 4.79 Å². The number of thiol groups is 1. The van der Waals surface area contributed by atoms with Crippen LogP contribution in [-0.2, 0) is 9.47 Å². The molecule has 0 aromatic carbocycles. The summed E-state index contributed by atoms with van der Waals surface area (Å²) in [5, 5.41) is 22.0. The second-order valence-corrected chi connectivity index (χ2v) is 7.49. The summed E-state index contributed by atoms with van der Waals surface area (Å²) >= 11 is 4.27.